The number of nitrogens with zero attached hydrogens (tertiary/aromatic N) is 6. The number of carbonyl (C=O) groups excluding carboxylic acids is 2. The van der Waals surface area contributed by atoms with Crippen LogP contribution in [0.5, 0.6) is 11.5 Å². The predicted molar refractivity (Wildman–Crippen MR) is 203 cm³/mol. The number of benzene rings is 1. The Balaban J connectivity index is 0.000000252. The number of rotatable bonds is 6. The number of aryl methyl sites for hydroxylation is 2. The van der Waals surface area contributed by atoms with Gasteiger partial charge in [0.1, 0.15) is 26.7 Å². The van der Waals surface area contributed by atoms with Crippen molar-refractivity contribution in [2.24, 2.45) is 0 Å². The zero-order chi connectivity index (χ0) is 40.1. The summed E-state index contributed by atoms with van der Waals surface area (Å²) in [6.07, 6.45) is 4.59. The summed E-state index contributed by atoms with van der Waals surface area (Å²) >= 11 is 5.95. The van der Waals surface area contributed by atoms with E-state index in [1.807, 2.05) is 32.0 Å². The van der Waals surface area contributed by atoms with E-state index in [-0.39, 0.29) is 72.9 Å². The molecule has 0 aliphatic carbocycles. The Morgan fingerprint density at radius 3 is 1.48 bits per heavy atom. The molecule has 2 saturated heterocycles. The molecule has 3 aromatic rings. The predicted octanol–water partition coefficient (Wildman–Crippen LogP) is 5.71. The zero-order valence-electron chi connectivity index (χ0n) is 31.9. The van der Waals surface area contributed by atoms with Crippen molar-refractivity contribution >= 4 is 43.8 Å². The number of pyridine rings is 2. The van der Waals surface area contributed by atoms with Gasteiger partial charge < -0.3 is 24.0 Å². The quantitative estimate of drug-likeness (QED) is 0.299. The van der Waals surface area contributed by atoms with Gasteiger partial charge >= 0.3 is 12.2 Å². The van der Waals surface area contributed by atoms with Crippen molar-refractivity contribution in [3.63, 3.8) is 0 Å². The molecule has 2 fully saturated rings. The Morgan fingerprint density at radius 2 is 1.06 bits per heavy atom. The van der Waals surface area contributed by atoms with E-state index in [1.165, 1.54) is 49.3 Å². The number of hydrogen-bond donors (Lipinski definition) is 0. The summed E-state index contributed by atoms with van der Waals surface area (Å²) in [5, 5.41) is 0.134. The smallest absolute Gasteiger partial charge is 0.410 e. The first-order valence-corrected chi connectivity index (χ1v) is 20.6. The highest BCUT2D eigenvalue weighted by Crippen LogP contribution is 2.32. The summed E-state index contributed by atoms with van der Waals surface area (Å²) in [7, 11) is -7.57. The van der Waals surface area contributed by atoms with E-state index in [1.54, 1.807) is 47.6 Å². The lowest BCUT2D eigenvalue weighted by atomic mass is 10.1. The summed E-state index contributed by atoms with van der Waals surface area (Å²) < 4.78 is 71.0. The molecule has 296 valence electrons. The summed E-state index contributed by atoms with van der Waals surface area (Å²) in [6, 6.07) is 8.70. The van der Waals surface area contributed by atoms with E-state index in [0.29, 0.717) is 5.75 Å². The highest BCUT2D eigenvalue weighted by molar-refractivity contribution is 7.89. The van der Waals surface area contributed by atoms with Gasteiger partial charge in [0, 0.05) is 77.0 Å². The van der Waals surface area contributed by atoms with Crippen molar-refractivity contribution in [1.82, 2.24) is 28.4 Å². The average molecular weight is 809 g/mol. The van der Waals surface area contributed by atoms with Gasteiger partial charge in [-0.3, -0.25) is 9.97 Å². The maximum Gasteiger partial charge on any atom is 0.410 e. The summed E-state index contributed by atoms with van der Waals surface area (Å²) in [4.78, 5) is 35.1. The van der Waals surface area contributed by atoms with Gasteiger partial charge in [-0.2, -0.15) is 8.61 Å². The highest BCUT2D eigenvalue weighted by atomic mass is 35.5. The molecule has 5 rings (SSSR count). The third-order valence-corrected chi connectivity index (χ3v) is 12.2. The first-order chi connectivity index (χ1) is 25.1. The van der Waals surface area contributed by atoms with E-state index < -0.39 is 43.4 Å². The van der Waals surface area contributed by atoms with Crippen molar-refractivity contribution in [2.75, 3.05) is 52.4 Å². The highest BCUT2D eigenvalue weighted by Gasteiger charge is 2.35. The molecule has 0 radical (unpaired) electrons. The van der Waals surface area contributed by atoms with Crippen LogP contribution in [0.2, 0.25) is 5.02 Å². The van der Waals surface area contributed by atoms with Gasteiger partial charge in [-0.05, 0) is 84.7 Å². The summed E-state index contributed by atoms with van der Waals surface area (Å²) in [6.45, 7) is 16.4. The van der Waals surface area contributed by atoms with Gasteiger partial charge in [0.2, 0.25) is 20.0 Å². The van der Waals surface area contributed by atoms with Crippen LogP contribution in [0.1, 0.15) is 52.7 Å². The van der Waals surface area contributed by atoms with Gasteiger partial charge in [-0.1, -0.05) is 17.7 Å². The Bertz CT molecular complexity index is 2000. The van der Waals surface area contributed by atoms with E-state index in [0.717, 1.165) is 11.1 Å². The molecule has 2 amide bonds. The topological polar surface area (TPSA) is 169 Å². The molecule has 4 heterocycles. The molecular formula is C36H49ClN6O9S2. The number of sulfonamides is 2. The fourth-order valence-corrected chi connectivity index (χ4v) is 8.78. The largest absolute Gasteiger partial charge is 0.456 e. The lowest BCUT2D eigenvalue weighted by molar-refractivity contribution is 0.0183. The van der Waals surface area contributed by atoms with Crippen molar-refractivity contribution in [1.29, 1.82) is 0 Å². The molecule has 15 nitrogen and oxygen atoms in total. The molecule has 1 aromatic carbocycles. The number of hydrogen-bond acceptors (Lipinski definition) is 11. The first-order valence-electron chi connectivity index (χ1n) is 17.3. The molecule has 0 N–H and O–H groups in total. The van der Waals surface area contributed by atoms with Crippen LogP contribution in [-0.2, 0) is 29.5 Å². The fourth-order valence-electron chi connectivity index (χ4n) is 5.47. The number of carbonyl (C=O) groups is 2. The van der Waals surface area contributed by atoms with Gasteiger partial charge in [0.05, 0.1) is 11.2 Å². The number of ether oxygens (including phenoxy) is 3. The maximum absolute atomic E-state index is 13.3. The standard InChI is InChI=1S/C22H29N3O5S.C14H20ClN3O4S/c1-16-12-17(2)14-18(13-16)29-19-6-7-23-15-20(19)31(27,28)25-10-8-24(9-11-25)21(26)30-22(3,4)5;1-14(2,3)22-13(19)17-6-8-18(9-7-17)23(20,21)12-10-16-5-4-11(12)15/h6-7,12-15H,8-11H2,1-5H3;4-5,10H,6-9H2,1-3H3. The average Bonchev–Trinajstić information content (AvgIpc) is 3.07. The second kappa shape index (κ2) is 17.2. The number of amides is 2. The fraction of sp³-hybridized carbons (Fsp3) is 0.500. The first kappa shape index (κ1) is 42.7. The van der Waals surface area contributed by atoms with Crippen molar-refractivity contribution in [2.45, 2.75) is 76.4 Å². The van der Waals surface area contributed by atoms with Gasteiger partial charge in [-0.15, -0.1) is 0 Å². The van der Waals surface area contributed by atoms with Crippen LogP contribution in [0.25, 0.3) is 0 Å². The third kappa shape index (κ3) is 11.5. The number of halogens is 1. The minimum Gasteiger partial charge on any atom is -0.456 e. The Hall–Kier alpha value is -4.03. The SMILES string of the molecule is CC(C)(C)OC(=O)N1CCN(S(=O)(=O)c2cnccc2Cl)CC1.Cc1cc(C)cc(Oc2ccncc2S(=O)(=O)N2CCN(C(=O)OC(C)(C)C)CC2)c1. The van der Waals surface area contributed by atoms with E-state index >= 15 is 0 Å². The summed E-state index contributed by atoms with van der Waals surface area (Å²) in [5.74, 6) is 0.782. The van der Waals surface area contributed by atoms with Gasteiger partial charge in [0.15, 0.2) is 5.75 Å². The molecule has 54 heavy (non-hydrogen) atoms. The molecule has 2 aliphatic heterocycles. The van der Waals surface area contributed by atoms with Gasteiger partial charge in [0.25, 0.3) is 0 Å². The minimum atomic E-state index is -3.85. The molecular weight excluding hydrogens is 760 g/mol. The van der Waals surface area contributed by atoms with E-state index in [9.17, 15) is 26.4 Å². The van der Waals surface area contributed by atoms with Crippen LogP contribution >= 0.6 is 11.6 Å². The minimum absolute atomic E-state index is 0.000114. The zero-order valence-corrected chi connectivity index (χ0v) is 34.3. The lowest BCUT2D eigenvalue weighted by Gasteiger charge is -2.35. The van der Waals surface area contributed by atoms with Crippen LogP contribution in [0, 0.1) is 13.8 Å². The van der Waals surface area contributed by atoms with Crippen LogP contribution in [0.3, 0.4) is 0 Å². The lowest BCUT2D eigenvalue weighted by Crippen LogP contribution is -2.51. The molecule has 18 heteroatoms. The van der Waals surface area contributed by atoms with Crippen LogP contribution in [0.4, 0.5) is 9.59 Å². The van der Waals surface area contributed by atoms with Crippen molar-refractivity contribution < 1.29 is 40.6 Å². The molecule has 0 spiro atoms. The van der Waals surface area contributed by atoms with E-state index in [2.05, 4.69) is 9.97 Å². The number of piperazine rings is 2. The molecule has 0 saturated carbocycles. The summed E-state index contributed by atoms with van der Waals surface area (Å²) in [5.41, 5.74) is 0.860. The van der Waals surface area contributed by atoms with Crippen molar-refractivity contribution in [3.05, 3.63) is 71.3 Å². The normalized spacial score (nSPS) is 16.2. The Morgan fingerprint density at radius 1 is 0.648 bits per heavy atom. The van der Waals surface area contributed by atoms with Crippen LogP contribution < -0.4 is 4.74 Å². The second-order valence-electron chi connectivity index (χ2n) is 14.8. The molecule has 0 bridgehead atoms. The molecule has 0 atom stereocenters. The van der Waals surface area contributed by atoms with Crippen molar-refractivity contribution in [3.8, 4) is 11.5 Å². The monoisotopic (exact) mass is 808 g/mol. The molecule has 2 aliphatic rings. The Labute approximate surface area is 323 Å². The Kier molecular flexibility index (Phi) is 13.6. The van der Waals surface area contributed by atoms with Crippen LogP contribution in [-0.4, -0.2) is 121 Å². The molecule has 0 unspecified atom stereocenters. The third-order valence-electron chi connectivity index (χ3n) is 7.92. The number of aromatic nitrogens is 2. The second-order valence-corrected chi connectivity index (χ2v) is 19.0. The molecule has 2 aromatic heterocycles. The van der Waals surface area contributed by atoms with E-state index in [4.69, 9.17) is 25.8 Å². The maximum atomic E-state index is 13.3. The van der Waals surface area contributed by atoms with Crippen LogP contribution in [0.15, 0.2) is 64.9 Å². The van der Waals surface area contributed by atoms with Gasteiger partial charge in [-0.25, -0.2) is 26.4 Å².